The van der Waals surface area contributed by atoms with Crippen LogP contribution < -0.4 is 4.90 Å². The number of anilines is 1. The van der Waals surface area contributed by atoms with Gasteiger partial charge in [0.15, 0.2) is 5.13 Å². The van der Waals surface area contributed by atoms with Crippen LogP contribution in [-0.2, 0) is 19.4 Å². The highest BCUT2D eigenvalue weighted by Gasteiger charge is 2.48. The smallest absolute Gasteiger partial charge is 0.301 e. The van der Waals surface area contributed by atoms with Gasteiger partial charge in [0.25, 0.3) is 11.5 Å². The van der Waals surface area contributed by atoms with Gasteiger partial charge in [0, 0.05) is 22.7 Å². The molecular weight excluding hydrogens is 585 g/mol. The Morgan fingerprint density at radius 3 is 2.25 bits per heavy atom. The largest absolute Gasteiger partial charge is 0.507 e. The number of rotatable bonds is 6. The van der Waals surface area contributed by atoms with Gasteiger partial charge >= 0.3 is 5.91 Å². The summed E-state index contributed by atoms with van der Waals surface area (Å²) >= 11 is 6.51. The zero-order valence-electron chi connectivity index (χ0n) is 19.9. The molecule has 1 aliphatic heterocycles. The molecule has 1 fully saturated rings. The SMILES string of the molecule is O=C1C(=O)N(c2ncc(S(=O)(=O)c3ccc([N+](=O)[O-])cc3)s2)[C@@H](c2ccc(F)cc2)C1=C(O)c1ccc(Cl)cc1. The molecule has 1 amide bonds. The Bertz CT molecular complexity index is 1800. The number of sulfone groups is 1. The van der Waals surface area contributed by atoms with Crippen molar-refractivity contribution in [3.05, 3.63) is 117 Å². The van der Waals surface area contributed by atoms with Crippen LogP contribution in [0, 0.1) is 15.9 Å². The monoisotopic (exact) mass is 599 g/mol. The molecule has 0 saturated carbocycles. The Hall–Kier alpha value is -4.46. The van der Waals surface area contributed by atoms with Crippen molar-refractivity contribution in [2.24, 2.45) is 0 Å². The molecular formula is C26H15ClFN3O7S2. The number of aromatic nitrogens is 1. The Morgan fingerprint density at radius 2 is 1.65 bits per heavy atom. The van der Waals surface area contributed by atoms with E-state index in [2.05, 4.69) is 4.98 Å². The summed E-state index contributed by atoms with van der Waals surface area (Å²) in [6.45, 7) is 0. The summed E-state index contributed by atoms with van der Waals surface area (Å²) in [4.78, 5) is 41.5. The van der Waals surface area contributed by atoms with Gasteiger partial charge in [-0.05, 0) is 54.1 Å². The van der Waals surface area contributed by atoms with Crippen molar-refractivity contribution in [2.45, 2.75) is 15.1 Å². The lowest BCUT2D eigenvalue weighted by Crippen LogP contribution is -2.29. The number of aliphatic hydroxyl groups is 1. The first-order valence-corrected chi connectivity index (χ1v) is 13.9. The average Bonchev–Trinajstić information content (AvgIpc) is 3.53. The Morgan fingerprint density at radius 1 is 1.02 bits per heavy atom. The molecule has 3 aromatic carbocycles. The standard InChI is InChI=1S/C26H15ClFN3O7S2/c27-16-5-1-15(2-6-16)23(32)21-22(14-3-7-17(28)8-4-14)30(25(34)24(21)33)26-29-13-20(39-26)40(37,38)19-11-9-18(10-12-19)31(35)36/h1-13,22,32H/t22-/m0/s1. The van der Waals surface area contributed by atoms with E-state index in [1.807, 2.05) is 0 Å². The molecule has 10 nitrogen and oxygen atoms in total. The summed E-state index contributed by atoms with van der Waals surface area (Å²) < 4.78 is 39.8. The topological polar surface area (TPSA) is 148 Å². The van der Waals surface area contributed by atoms with Crippen LogP contribution in [0.25, 0.3) is 5.76 Å². The van der Waals surface area contributed by atoms with E-state index in [0.717, 1.165) is 47.5 Å². The van der Waals surface area contributed by atoms with E-state index in [1.165, 1.54) is 36.4 Å². The van der Waals surface area contributed by atoms with Crippen LogP contribution in [0.2, 0.25) is 5.02 Å². The molecule has 0 aliphatic carbocycles. The number of benzene rings is 3. The number of nitrogens with zero attached hydrogens (tertiary/aromatic N) is 3. The van der Waals surface area contributed by atoms with Crippen molar-refractivity contribution in [2.75, 3.05) is 4.90 Å². The number of hydrogen-bond donors (Lipinski definition) is 1. The van der Waals surface area contributed by atoms with Crippen LogP contribution in [0.3, 0.4) is 0 Å². The second-order valence-electron chi connectivity index (χ2n) is 8.44. The zero-order valence-corrected chi connectivity index (χ0v) is 22.3. The number of Topliss-reactive ketones (excluding diaryl/α,β-unsaturated/α-hetero) is 1. The molecule has 4 aromatic rings. The number of amides is 1. The van der Waals surface area contributed by atoms with Crippen LogP contribution in [0.5, 0.6) is 0 Å². The quantitative estimate of drug-likeness (QED) is 0.103. The highest BCUT2D eigenvalue weighted by molar-refractivity contribution is 7.93. The molecule has 5 rings (SSSR count). The third-order valence-corrected chi connectivity index (χ3v) is 9.53. The normalized spacial score (nSPS) is 16.9. The van der Waals surface area contributed by atoms with Crippen molar-refractivity contribution >= 4 is 61.0 Å². The van der Waals surface area contributed by atoms with Crippen molar-refractivity contribution < 1.29 is 32.4 Å². The third kappa shape index (κ3) is 4.74. The minimum absolute atomic E-state index is 0.174. The maximum Gasteiger partial charge on any atom is 0.301 e. The summed E-state index contributed by atoms with van der Waals surface area (Å²) in [5.41, 5.74) is -0.165. The third-order valence-electron chi connectivity index (χ3n) is 6.05. The maximum absolute atomic E-state index is 13.7. The summed E-state index contributed by atoms with van der Waals surface area (Å²) in [6, 6.07) is 13.7. The molecule has 1 N–H and O–H groups in total. The number of thiazole rings is 1. The molecule has 202 valence electrons. The number of nitro groups is 1. The number of nitro benzene ring substituents is 1. The van der Waals surface area contributed by atoms with Crippen molar-refractivity contribution in [1.29, 1.82) is 0 Å². The summed E-state index contributed by atoms with van der Waals surface area (Å²) in [6.07, 6.45) is 0.997. The fourth-order valence-electron chi connectivity index (χ4n) is 4.10. The zero-order chi connectivity index (χ0) is 28.8. The van der Waals surface area contributed by atoms with Crippen molar-refractivity contribution in [3.63, 3.8) is 0 Å². The minimum Gasteiger partial charge on any atom is -0.507 e. The van der Waals surface area contributed by atoms with Gasteiger partial charge in [0.05, 0.1) is 27.6 Å². The molecule has 0 unspecified atom stereocenters. The number of carbonyl (C=O) groups excluding carboxylic acids is 2. The van der Waals surface area contributed by atoms with Crippen LogP contribution in [-0.4, -0.2) is 35.1 Å². The summed E-state index contributed by atoms with van der Waals surface area (Å²) in [5, 5.41) is 22.2. The van der Waals surface area contributed by atoms with Gasteiger partial charge in [-0.3, -0.25) is 24.6 Å². The van der Waals surface area contributed by atoms with E-state index in [1.54, 1.807) is 0 Å². The minimum atomic E-state index is -4.20. The summed E-state index contributed by atoms with van der Waals surface area (Å²) in [5.74, 6) is -3.23. The Kier molecular flexibility index (Phi) is 6.96. The Labute approximate surface area is 234 Å². The van der Waals surface area contributed by atoms with E-state index in [4.69, 9.17) is 11.6 Å². The molecule has 1 saturated heterocycles. The van der Waals surface area contributed by atoms with E-state index in [9.17, 15) is 37.6 Å². The number of halogens is 2. The number of non-ortho nitro benzene ring substituents is 1. The first-order chi connectivity index (χ1) is 19.0. The van der Waals surface area contributed by atoms with Crippen molar-refractivity contribution in [1.82, 2.24) is 4.98 Å². The lowest BCUT2D eigenvalue weighted by Gasteiger charge is -2.23. The van der Waals surface area contributed by atoms with Crippen LogP contribution in [0.15, 0.2) is 93.7 Å². The molecule has 1 atom stereocenters. The lowest BCUT2D eigenvalue weighted by molar-refractivity contribution is -0.384. The van der Waals surface area contributed by atoms with Gasteiger partial charge in [0.2, 0.25) is 9.84 Å². The highest BCUT2D eigenvalue weighted by atomic mass is 35.5. The number of ketones is 1. The summed E-state index contributed by atoms with van der Waals surface area (Å²) in [7, 11) is -4.20. The number of hydrogen-bond acceptors (Lipinski definition) is 9. The fraction of sp³-hybridized carbons (Fsp3) is 0.0385. The molecule has 0 bridgehead atoms. The van der Waals surface area contributed by atoms with Gasteiger partial charge in [-0.25, -0.2) is 17.8 Å². The molecule has 40 heavy (non-hydrogen) atoms. The van der Waals surface area contributed by atoms with Gasteiger partial charge in [-0.15, -0.1) is 0 Å². The van der Waals surface area contributed by atoms with Gasteiger partial charge < -0.3 is 5.11 Å². The Balaban J connectivity index is 1.62. The first-order valence-electron chi connectivity index (χ1n) is 11.3. The van der Waals surface area contributed by atoms with E-state index >= 15 is 0 Å². The average molecular weight is 600 g/mol. The van der Waals surface area contributed by atoms with Gasteiger partial charge in [0.1, 0.15) is 15.8 Å². The van der Waals surface area contributed by atoms with Gasteiger partial charge in [-0.2, -0.15) is 0 Å². The predicted molar refractivity (Wildman–Crippen MR) is 143 cm³/mol. The molecule has 14 heteroatoms. The molecule has 0 spiro atoms. The second kappa shape index (κ2) is 10.3. The second-order valence-corrected chi connectivity index (χ2v) is 12.1. The van der Waals surface area contributed by atoms with Crippen LogP contribution >= 0.6 is 22.9 Å². The molecule has 1 aromatic heterocycles. The maximum atomic E-state index is 13.7. The highest BCUT2D eigenvalue weighted by Crippen LogP contribution is 2.44. The van der Waals surface area contributed by atoms with E-state index in [-0.39, 0.29) is 36.6 Å². The van der Waals surface area contributed by atoms with Crippen molar-refractivity contribution in [3.8, 4) is 0 Å². The van der Waals surface area contributed by atoms with E-state index in [0.29, 0.717) is 16.4 Å². The fourth-order valence-corrected chi connectivity index (χ4v) is 6.78. The van der Waals surface area contributed by atoms with E-state index < -0.39 is 44.1 Å². The molecule has 0 radical (unpaired) electrons. The first kappa shape index (κ1) is 27.1. The molecule has 1 aliphatic rings. The predicted octanol–water partition coefficient (Wildman–Crippen LogP) is 5.30. The van der Waals surface area contributed by atoms with Crippen LogP contribution in [0.1, 0.15) is 17.2 Å². The van der Waals surface area contributed by atoms with Crippen LogP contribution in [0.4, 0.5) is 15.2 Å². The molecule has 2 heterocycles. The van der Waals surface area contributed by atoms with Gasteiger partial charge in [-0.1, -0.05) is 35.1 Å². The lowest BCUT2D eigenvalue weighted by atomic mass is 9.95. The number of carbonyl (C=O) groups is 2. The number of aliphatic hydroxyl groups excluding tert-OH is 1.